The first-order chi connectivity index (χ1) is 6.24. The summed E-state index contributed by atoms with van der Waals surface area (Å²) in [4.78, 5) is 14.3. The molecule has 1 aromatic heterocycles. The van der Waals surface area contributed by atoms with Crippen LogP contribution in [0.1, 0.15) is 5.56 Å². The summed E-state index contributed by atoms with van der Waals surface area (Å²) < 4.78 is 0. The van der Waals surface area contributed by atoms with Crippen molar-refractivity contribution in [1.82, 2.24) is 4.98 Å². The van der Waals surface area contributed by atoms with E-state index in [2.05, 4.69) is 4.98 Å². The minimum atomic E-state index is -1.09. The van der Waals surface area contributed by atoms with Crippen LogP contribution >= 0.6 is 0 Å². The zero-order chi connectivity index (χ0) is 9.68. The first-order valence-corrected chi connectivity index (χ1v) is 3.75. The van der Waals surface area contributed by atoms with Crippen LogP contribution < -0.4 is 0 Å². The van der Waals surface area contributed by atoms with Crippen molar-refractivity contribution in [2.24, 2.45) is 5.92 Å². The number of carboxylic acid groups (broad SMARTS) is 1. The lowest BCUT2D eigenvalue weighted by Crippen LogP contribution is -2.14. The number of nitrogens with zero attached hydrogens (tertiary/aromatic N) is 2. The monoisotopic (exact) mass is 176 g/mol. The average molecular weight is 176 g/mol. The molecular formula is C9H8N2O2. The van der Waals surface area contributed by atoms with Crippen LogP contribution in [-0.4, -0.2) is 16.1 Å². The Balaban J connectivity index is 2.69. The number of aliphatic carboxylic acids is 1. The Hall–Kier alpha value is -1.89. The molecule has 66 valence electrons. The Kier molecular flexibility index (Phi) is 2.98. The van der Waals surface area contributed by atoms with Crippen molar-refractivity contribution in [3.05, 3.63) is 30.1 Å². The molecule has 0 aliphatic carbocycles. The quantitative estimate of drug-likeness (QED) is 0.740. The smallest absolute Gasteiger partial charge is 0.321 e. The molecule has 1 atom stereocenters. The van der Waals surface area contributed by atoms with Crippen molar-refractivity contribution in [3.8, 4) is 6.07 Å². The number of rotatable bonds is 3. The van der Waals surface area contributed by atoms with Gasteiger partial charge >= 0.3 is 5.97 Å². The molecule has 4 heteroatoms. The van der Waals surface area contributed by atoms with E-state index in [0.717, 1.165) is 5.56 Å². The van der Waals surface area contributed by atoms with E-state index in [0.29, 0.717) is 0 Å². The molecule has 0 saturated carbocycles. The van der Waals surface area contributed by atoms with Gasteiger partial charge in [-0.15, -0.1) is 0 Å². The molecule has 1 unspecified atom stereocenters. The number of hydrogen-bond donors (Lipinski definition) is 1. The fourth-order valence-electron chi connectivity index (χ4n) is 0.943. The lowest BCUT2D eigenvalue weighted by Gasteiger charge is -2.01. The first-order valence-electron chi connectivity index (χ1n) is 3.75. The van der Waals surface area contributed by atoms with Crippen molar-refractivity contribution in [1.29, 1.82) is 5.26 Å². The number of aromatic nitrogens is 1. The molecule has 13 heavy (non-hydrogen) atoms. The van der Waals surface area contributed by atoms with Crippen molar-refractivity contribution in [2.45, 2.75) is 6.42 Å². The minimum Gasteiger partial charge on any atom is -0.480 e. The molecule has 1 aromatic rings. The fraction of sp³-hybridized carbons (Fsp3) is 0.222. The van der Waals surface area contributed by atoms with E-state index in [1.165, 1.54) is 0 Å². The van der Waals surface area contributed by atoms with Gasteiger partial charge in [0.15, 0.2) is 0 Å². The topological polar surface area (TPSA) is 74.0 Å². The Bertz CT molecular complexity index is 329. The van der Waals surface area contributed by atoms with Gasteiger partial charge in [0.1, 0.15) is 5.92 Å². The highest BCUT2D eigenvalue weighted by molar-refractivity contribution is 5.73. The largest absolute Gasteiger partial charge is 0.480 e. The van der Waals surface area contributed by atoms with Gasteiger partial charge in [-0.25, -0.2) is 0 Å². The van der Waals surface area contributed by atoms with Crippen LogP contribution in [0, 0.1) is 17.2 Å². The normalized spacial score (nSPS) is 11.6. The van der Waals surface area contributed by atoms with E-state index in [-0.39, 0.29) is 6.42 Å². The summed E-state index contributed by atoms with van der Waals surface area (Å²) in [5.74, 6) is -2.07. The van der Waals surface area contributed by atoms with Gasteiger partial charge in [0, 0.05) is 18.8 Å². The molecular weight excluding hydrogens is 168 g/mol. The standard InChI is InChI=1S/C9H8N2O2/c10-5-8(9(12)13)4-7-2-1-3-11-6-7/h1-3,6,8H,4H2,(H,12,13). The molecule has 0 saturated heterocycles. The Morgan fingerprint density at radius 3 is 3.00 bits per heavy atom. The number of carboxylic acids is 1. The molecule has 0 fully saturated rings. The second-order valence-electron chi connectivity index (χ2n) is 2.59. The highest BCUT2D eigenvalue weighted by Gasteiger charge is 2.16. The van der Waals surface area contributed by atoms with Crippen molar-refractivity contribution >= 4 is 5.97 Å². The van der Waals surface area contributed by atoms with Gasteiger partial charge in [-0.3, -0.25) is 9.78 Å². The molecule has 1 heterocycles. The van der Waals surface area contributed by atoms with Gasteiger partial charge < -0.3 is 5.11 Å². The summed E-state index contributed by atoms with van der Waals surface area (Å²) >= 11 is 0. The van der Waals surface area contributed by atoms with E-state index in [9.17, 15) is 4.79 Å². The van der Waals surface area contributed by atoms with Crippen LogP contribution in [0.5, 0.6) is 0 Å². The summed E-state index contributed by atoms with van der Waals surface area (Å²) in [7, 11) is 0. The molecule has 0 spiro atoms. The molecule has 0 radical (unpaired) electrons. The molecule has 0 aliphatic rings. The Morgan fingerprint density at radius 1 is 1.77 bits per heavy atom. The number of nitriles is 1. The molecule has 1 N–H and O–H groups in total. The molecule has 0 aromatic carbocycles. The summed E-state index contributed by atoms with van der Waals surface area (Å²) in [5.41, 5.74) is 0.761. The Labute approximate surface area is 75.5 Å². The lowest BCUT2D eigenvalue weighted by molar-refractivity contribution is -0.139. The first kappa shape index (κ1) is 9.20. The molecule has 0 amide bonds. The van der Waals surface area contributed by atoms with Crippen LogP contribution in [-0.2, 0) is 11.2 Å². The van der Waals surface area contributed by atoms with Crippen molar-refractivity contribution in [3.63, 3.8) is 0 Å². The molecule has 4 nitrogen and oxygen atoms in total. The lowest BCUT2D eigenvalue weighted by atomic mass is 10.0. The number of carbonyl (C=O) groups is 1. The SMILES string of the molecule is N#CC(Cc1cccnc1)C(=O)O. The van der Waals surface area contributed by atoms with Gasteiger partial charge in [-0.2, -0.15) is 5.26 Å². The zero-order valence-electron chi connectivity index (χ0n) is 6.84. The summed E-state index contributed by atoms with van der Waals surface area (Å²) in [6.45, 7) is 0. The third-order valence-corrected chi connectivity index (χ3v) is 1.62. The van der Waals surface area contributed by atoms with Crippen LogP contribution in [0.4, 0.5) is 0 Å². The van der Waals surface area contributed by atoms with E-state index >= 15 is 0 Å². The van der Waals surface area contributed by atoms with Crippen LogP contribution in [0.2, 0.25) is 0 Å². The maximum atomic E-state index is 10.5. The van der Waals surface area contributed by atoms with E-state index in [1.54, 1.807) is 30.6 Å². The predicted octanol–water partition coefficient (Wildman–Crippen LogP) is 0.848. The zero-order valence-corrected chi connectivity index (χ0v) is 6.84. The second kappa shape index (κ2) is 4.21. The van der Waals surface area contributed by atoms with Gasteiger partial charge in [0.2, 0.25) is 0 Å². The summed E-state index contributed by atoms with van der Waals surface area (Å²) in [6, 6.07) is 5.19. The van der Waals surface area contributed by atoms with Crippen molar-refractivity contribution in [2.75, 3.05) is 0 Å². The second-order valence-corrected chi connectivity index (χ2v) is 2.59. The summed E-state index contributed by atoms with van der Waals surface area (Å²) in [5, 5.41) is 17.1. The van der Waals surface area contributed by atoms with Crippen LogP contribution in [0.3, 0.4) is 0 Å². The highest BCUT2D eigenvalue weighted by Crippen LogP contribution is 2.06. The number of hydrogen-bond acceptors (Lipinski definition) is 3. The average Bonchev–Trinajstić information content (AvgIpc) is 2.15. The summed E-state index contributed by atoms with van der Waals surface area (Å²) in [6.07, 6.45) is 3.37. The molecule has 1 rings (SSSR count). The molecule has 0 bridgehead atoms. The highest BCUT2D eigenvalue weighted by atomic mass is 16.4. The maximum Gasteiger partial charge on any atom is 0.321 e. The van der Waals surface area contributed by atoms with Gasteiger partial charge in [-0.05, 0) is 11.6 Å². The maximum absolute atomic E-state index is 10.5. The van der Waals surface area contributed by atoms with E-state index in [1.807, 2.05) is 0 Å². The molecule has 0 aliphatic heterocycles. The van der Waals surface area contributed by atoms with E-state index in [4.69, 9.17) is 10.4 Å². The fourth-order valence-corrected chi connectivity index (χ4v) is 0.943. The Morgan fingerprint density at radius 2 is 2.54 bits per heavy atom. The third-order valence-electron chi connectivity index (χ3n) is 1.62. The minimum absolute atomic E-state index is 0.208. The number of pyridine rings is 1. The van der Waals surface area contributed by atoms with Gasteiger partial charge in [0.05, 0.1) is 6.07 Å². The van der Waals surface area contributed by atoms with Crippen LogP contribution in [0.15, 0.2) is 24.5 Å². The van der Waals surface area contributed by atoms with E-state index < -0.39 is 11.9 Å². The van der Waals surface area contributed by atoms with Crippen LogP contribution in [0.25, 0.3) is 0 Å². The van der Waals surface area contributed by atoms with Gasteiger partial charge in [-0.1, -0.05) is 6.07 Å². The predicted molar refractivity (Wildman–Crippen MR) is 44.7 cm³/mol. The van der Waals surface area contributed by atoms with Gasteiger partial charge in [0.25, 0.3) is 0 Å². The third kappa shape index (κ3) is 2.56. The van der Waals surface area contributed by atoms with Crippen molar-refractivity contribution < 1.29 is 9.90 Å².